The molecule has 4 rings (SSSR count). The Balaban J connectivity index is 1.65. The molecule has 0 saturated heterocycles. The van der Waals surface area contributed by atoms with E-state index in [2.05, 4.69) is 15.3 Å². The first-order chi connectivity index (χ1) is 11.1. The van der Waals surface area contributed by atoms with Gasteiger partial charge in [0.2, 0.25) is 5.91 Å². The van der Waals surface area contributed by atoms with Crippen LogP contribution >= 0.6 is 0 Å². The fourth-order valence-electron chi connectivity index (χ4n) is 2.81. The van der Waals surface area contributed by atoms with Gasteiger partial charge in [0.1, 0.15) is 11.0 Å². The highest BCUT2D eigenvalue weighted by Crippen LogP contribution is 2.22. The lowest BCUT2D eigenvalue weighted by Crippen LogP contribution is -2.28. The van der Waals surface area contributed by atoms with Crippen LogP contribution < -0.4 is 10.9 Å². The van der Waals surface area contributed by atoms with Crippen molar-refractivity contribution in [1.29, 1.82) is 0 Å². The molecule has 2 aromatic heterocycles. The summed E-state index contributed by atoms with van der Waals surface area (Å²) >= 11 is 0. The van der Waals surface area contributed by atoms with Gasteiger partial charge in [-0.2, -0.15) is 0 Å². The van der Waals surface area contributed by atoms with Crippen molar-refractivity contribution in [2.24, 2.45) is 0 Å². The molecule has 1 aliphatic carbocycles. The molecule has 0 bridgehead atoms. The van der Waals surface area contributed by atoms with Gasteiger partial charge in [-0.25, -0.2) is 4.98 Å². The number of aromatic nitrogens is 3. The first-order valence-corrected chi connectivity index (χ1v) is 7.88. The Morgan fingerprint density at radius 1 is 1.43 bits per heavy atom. The van der Waals surface area contributed by atoms with Crippen LogP contribution in [0.1, 0.15) is 24.8 Å². The number of carbonyl (C=O) groups excluding carboxylic acids is 1. The summed E-state index contributed by atoms with van der Waals surface area (Å²) in [5.74, 6) is -0.00762. The third-order valence-electron chi connectivity index (χ3n) is 4.25. The average Bonchev–Trinajstić information content (AvgIpc) is 3.26. The zero-order valence-corrected chi connectivity index (χ0v) is 12.9. The number of H-pyrrole nitrogens is 1. The summed E-state index contributed by atoms with van der Waals surface area (Å²) in [5, 5.41) is 3.88. The number of aromatic amines is 1. The molecule has 2 heterocycles. The van der Waals surface area contributed by atoms with Crippen LogP contribution in [0.4, 0.5) is 0 Å². The molecule has 0 aliphatic heterocycles. The summed E-state index contributed by atoms with van der Waals surface area (Å²) < 4.78 is 1.50. The van der Waals surface area contributed by atoms with Crippen LogP contribution in [0.2, 0.25) is 0 Å². The molecular formula is C17H18N4O2. The number of nitrogens with one attached hydrogen (secondary N) is 2. The number of hydrogen-bond donors (Lipinski definition) is 2. The molecule has 0 unspecified atom stereocenters. The van der Waals surface area contributed by atoms with Crippen LogP contribution in [0.3, 0.4) is 0 Å². The van der Waals surface area contributed by atoms with E-state index >= 15 is 0 Å². The topological polar surface area (TPSA) is 79.8 Å². The van der Waals surface area contributed by atoms with E-state index in [4.69, 9.17) is 0 Å². The number of rotatable bonds is 4. The van der Waals surface area contributed by atoms with Crippen molar-refractivity contribution < 1.29 is 4.79 Å². The maximum absolute atomic E-state index is 12.6. The van der Waals surface area contributed by atoms with Gasteiger partial charge in [-0.3, -0.25) is 14.2 Å². The lowest BCUT2D eigenvalue weighted by atomic mass is 10.2. The van der Waals surface area contributed by atoms with Crippen LogP contribution in [-0.4, -0.2) is 26.5 Å². The first-order valence-electron chi connectivity index (χ1n) is 7.88. The highest BCUT2D eigenvalue weighted by Gasteiger charge is 2.23. The molecule has 1 fully saturated rings. The van der Waals surface area contributed by atoms with Crippen molar-refractivity contribution >= 4 is 27.8 Å². The number of carbonyl (C=O) groups is 1. The second kappa shape index (κ2) is 5.22. The smallest absolute Gasteiger partial charge is 0.277 e. The Morgan fingerprint density at radius 3 is 3.04 bits per heavy atom. The molecule has 118 valence electrons. The summed E-state index contributed by atoms with van der Waals surface area (Å²) in [6.45, 7) is 2.35. The van der Waals surface area contributed by atoms with E-state index in [0.29, 0.717) is 30.0 Å². The fourth-order valence-corrected chi connectivity index (χ4v) is 2.81. The molecule has 3 aromatic rings. The summed E-state index contributed by atoms with van der Waals surface area (Å²) in [7, 11) is 0. The SMILES string of the molecule is Cc1ccc2[nH]c3c(=O)n(CCC(=O)NC4CC4)cnc3c2c1. The second-order valence-corrected chi connectivity index (χ2v) is 6.23. The van der Waals surface area contributed by atoms with Gasteiger partial charge in [0.15, 0.2) is 0 Å². The molecule has 6 heteroatoms. The fraction of sp³-hybridized carbons (Fsp3) is 0.353. The van der Waals surface area contributed by atoms with Crippen LogP contribution in [-0.2, 0) is 11.3 Å². The van der Waals surface area contributed by atoms with E-state index in [-0.39, 0.29) is 11.5 Å². The lowest BCUT2D eigenvalue weighted by molar-refractivity contribution is -0.121. The molecule has 2 N–H and O–H groups in total. The maximum atomic E-state index is 12.6. The molecule has 1 aromatic carbocycles. The Morgan fingerprint density at radius 2 is 2.26 bits per heavy atom. The van der Waals surface area contributed by atoms with E-state index in [1.54, 1.807) is 0 Å². The van der Waals surface area contributed by atoms with Crippen molar-refractivity contribution in [3.05, 3.63) is 40.4 Å². The van der Waals surface area contributed by atoms with Crippen molar-refractivity contribution in [2.45, 2.75) is 38.8 Å². The molecule has 0 atom stereocenters. The number of amides is 1. The first kappa shape index (κ1) is 14.0. The van der Waals surface area contributed by atoms with Crippen LogP contribution in [0.15, 0.2) is 29.3 Å². The van der Waals surface area contributed by atoms with E-state index in [9.17, 15) is 9.59 Å². The number of benzene rings is 1. The molecule has 0 spiro atoms. The summed E-state index contributed by atoms with van der Waals surface area (Å²) in [6, 6.07) is 6.32. The van der Waals surface area contributed by atoms with Gasteiger partial charge >= 0.3 is 0 Å². The Hall–Kier alpha value is -2.63. The minimum Gasteiger partial charge on any atom is -0.353 e. The van der Waals surface area contributed by atoms with Gasteiger partial charge in [-0.15, -0.1) is 0 Å². The monoisotopic (exact) mass is 310 g/mol. The van der Waals surface area contributed by atoms with Gasteiger partial charge in [-0.05, 0) is 31.9 Å². The molecule has 23 heavy (non-hydrogen) atoms. The predicted octanol–water partition coefficient (Wildman–Crippen LogP) is 1.85. The predicted molar refractivity (Wildman–Crippen MR) is 88.4 cm³/mol. The summed E-state index contributed by atoms with van der Waals surface area (Å²) in [4.78, 5) is 31.9. The minimum atomic E-state index is -0.136. The van der Waals surface area contributed by atoms with Gasteiger partial charge in [-0.1, -0.05) is 11.6 Å². The van der Waals surface area contributed by atoms with E-state index < -0.39 is 0 Å². The average molecular weight is 310 g/mol. The van der Waals surface area contributed by atoms with Crippen LogP contribution in [0, 0.1) is 6.92 Å². The molecule has 1 amide bonds. The van der Waals surface area contributed by atoms with Crippen molar-refractivity contribution in [2.75, 3.05) is 0 Å². The van der Waals surface area contributed by atoms with E-state index in [1.165, 1.54) is 10.9 Å². The third-order valence-corrected chi connectivity index (χ3v) is 4.25. The van der Waals surface area contributed by atoms with Gasteiger partial charge < -0.3 is 10.3 Å². The Kier molecular flexibility index (Phi) is 3.18. The molecule has 1 saturated carbocycles. The van der Waals surface area contributed by atoms with E-state index in [1.807, 2.05) is 25.1 Å². The van der Waals surface area contributed by atoms with Gasteiger partial charge in [0, 0.05) is 29.9 Å². The van der Waals surface area contributed by atoms with E-state index in [0.717, 1.165) is 29.3 Å². The minimum absolute atomic E-state index is 0.00762. The Labute approximate surface area is 132 Å². The standard InChI is InChI=1S/C17H18N4O2/c1-10-2-5-13-12(8-10)15-16(20-13)17(23)21(9-18-15)7-6-14(22)19-11-3-4-11/h2,5,8-9,11,20H,3-4,6-7H2,1H3,(H,19,22). The molecule has 1 aliphatic rings. The zero-order valence-electron chi connectivity index (χ0n) is 12.9. The number of fused-ring (bicyclic) bond motifs is 3. The zero-order chi connectivity index (χ0) is 16.0. The summed E-state index contributed by atoms with van der Waals surface area (Å²) in [6.07, 6.45) is 3.95. The lowest BCUT2D eigenvalue weighted by Gasteiger charge is -2.05. The van der Waals surface area contributed by atoms with Gasteiger partial charge in [0.05, 0.1) is 6.33 Å². The van der Waals surface area contributed by atoms with Crippen molar-refractivity contribution in [3.63, 3.8) is 0 Å². The quantitative estimate of drug-likeness (QED) is 0.772. The molecular weight excluding hydrogens is 292 g/mol. The van der Waals surface area contributed by atoms with Crippen LogP contribution in [0.5, 0.6) is 0 Å². The Bertz CT molecular complexity index is 966. The third kappa shape index (κ3) is 2.60. The normalized spacial score (nSPS) is 14.5. The number of aryl methyl sites for hydroxylation is 2. The van der Waals surface area contributed by atoms with Crippen molar-refractivity contribution in [1.82, 2.24) is 19.9 Å². The highest BCUT2D eigenvalue weighted by molar-refractivity contribution is 6.04. The number of nitrogens with zero attached hydrogens (tertiary/aromatic N) is 2. The van der Waals surface area contributed by atoms with Gasteiger partial charge in [0.25, 0.3) is 5.56 Å². The van der Waals surface area contributed by atoms with Crippen LogP contribution in [0.25, 0.3) is 21.9 Å². The maximum Gasteiger partial charge on any atom is 0.277 e. The number of hydrogen-bond acceptors (Lipinski definition) is 3. The second-order valence-electron chi connectivity index (χ2n) is 6.23. The largest absolute Gasteiger partial charge is 0.353 e. The molecule has 6 nitrogen and oxygen atoms in total. The van der Waals surface area contributed by atoms with Crippen molar-refractivity contribution in [3.8, 4) is 0 Å². The summed E-state index contributed by atoms with van der Waals surface area (Å²) in [5.41, 5.74) is 3.08. The molecule has 0 radical (unpaired) electrons. The highest BCUT2D eigenvalue weighted by atomic mass is 16.2.